The van der Waals surface area contributed by atoms with Gasteiger partial charge in [0.05, 0.1) is 12.7 Å². The van der Waals surface area contributed by atoms with Gasteiger partial charge in [-0.05, 0) is 18.6 Å². The zero-order valence-corrected chi connectivity index (χ0v) is 11.4. The van der Waals surface area contributed by atoms with Gasteiger partial charge in [-0.2, -0.15) is 0 Å². The largest absolute Gasteiger partial charge is 0.391 e. The summed E-state index contributed by atoms with van der Waals surface area (Å²) in [5, 5.41) is 9.31. The number of aliphatic hydroxyl groups is 1. The first-order valence-corrected chi connectivity index (χ1v) is 7.08. The molecule has 5 nitrogen and oxygen atoms in total. The molecule has 0 aromatic heterocycles. The summed E-state index contributed by atoms with van der Waals surface area (Å²) in [4.78, 5) is -0.988. The number of nitrogens with one attached hydrogen (secondary N) is 1. The maximum absolute atomic E-state index is 13.4. The molecule has 0 saturated heterocycles. The Kier molecular flexibility index (Phi) is 5.93. The number of aliphatic hydroxyl groups excluding tert-OH is 1. The van der Waals surface area contributed by atoms with Crippen LogP contribution in [-0.2, 0) is 14.8 Å². The summed E-state index contributed by atoms with van der Waals surface area (Å²) >= 11 is 0. The first kappa shape index (κ1) is 16.9. The molecule has 0 spiro atoms. The summed E-state index contributed by atoms with van der Waals surface area (Å²) in [6, 6.07) is 1.15. The van der Waals surface area contributed by atoms with Crippen LogP contribution in [0.25, 0.3) is 0 Å². The zero-order chi connectivity index (χ0) is 15.3. The SMILES string of the molecule is COCC(O)CCNS(=O)(=O)c1ccc(F)c(F)c1F. The van der Waals surface area contributed by atoms with Crippen LogP contribution >= 0.6 is 0 Å². The molecule has 1 aromatic carbocycles. The number of methoxy groups -OCH3 is 1. The Morgan fingerprint density at radius 1 is 1.30 bits per heavy atom. The number of ether oxygens (including phenoxy) is 1. The second kappa shape index (κ2) is 7.02. The highest BCUT2D eigenvalue weighted by atomic mass is 32.2. The van der Waals surface area contributed by atoms with E-state index in [1.807, 2.05) is 4.72 Å². The van der Waals surface area contributed by atoms with Crippen molar-refractivity contribution in [3.8, 4) is 0 Å². The van der Waals surface area contributed by atoms with Crippen LogP contribution in [0.15, 0.2) is 17.0 Å². The average Bonchev–Trinajstić information content (AvgIpc) is 2.35. The summed E-state index contributed by atoms with van der Waals surface area (Å²) in [6.45, 7) is -0.188. The van der Waals surface area contributed by atoms with Gasteiger partial charge in [-0.25, -0.2) is 26.3 Å². The van der Waals surface area contributed by atoms with Crippen LogP contribution in [0.2, 0.25) is 0 Å². The maximum Gasteiger partial charge on any atom is 0.243 e. The third-order valence-corrected chi connectivity index (χ3v) is 3.90. The van der Waals surface area contributed by atoms with Crippen molar-refractivity contribution in [2.24, 2.45) is 0 Å². The van der Waals surface area contributed by atoms with Crippen LogP contribution in [0.5, 0.6) is 0 Å². The Bertz CT molecular complexity index is 565. The van der Waals surface area contributed by atoms with Crippen molar-refractivity contribution in [3.05, 3.63) is 29.6 Å². The van der Waals surface area contributed by atoms with Gasteiger partial charge < -0.3 is 9.84 Å². The standard InChI is InChI=1S/C11H14F3NO4S/c1-19-6-7(16)4-5-15-20(17,18)9-3-2-8(12)10(13)11(9)14/h2-3,7,15-16H,4-6H2,1H3. The summed E-state index contributed by atoms with van der Waals surface area (Å²) in [5.74, 6) is -5.11. The number of sulfonamides is 1. The molecule has 1 rings (SSSR count). The lowest BCUT2D eigenvalue weighted by molar-refractivity contribution is 0.0603. The fourth-order valence-corrected chi connectivity index (χ4v) is 2.54. The summed E-state index contributed by atoms with van der Waals surface area (Å²) < 4.78 is 69.1. The molecule has 0 aliphatic heterocycles. The van der Waals surface area contributed by atoms with E-state index >= 15 is 0 Å². The molecular weight excluding hydrogens is 299 g/mol. The monoisotopic (exact) mass is 313 g/mol. The quantitative estimate of drug-likeness (QED) is 0.730. The van der Waals surface area contributed by atoms with Crippen LogP contribution in [0, 0.1) is 17.5 Å². The van der Waals surface area contributed by atoms with E-state index in [-0.39, 0.29) is 19.6 Å². The lowest BCUT2D eigenvalue weighted by Gasteiger charge is -2.11. The molecule has 114 valence electrons. The minimum atomic E-state index is -4.32. The molecule has 0 fully saturated rings. The summed E-state index contributed by atoms with van der Waals surface area (Å²) in [7, 11) is -2.96. The smallest absolute Gasteiger partial charge is 0.243 e. The van der Waals surface area contributed by atoms with E-state index in [0.29, 0.717) is 12.1 Å². The van der Waals surface area contributed by atoms with Gasteiger partial charge in [-0.3, -0.25) is 0 Å². The highest BCUT2D eigenvalue weighted by Gasteiger charge is 2.23. The Labute approximate surface area is 114 Å². The molecule has 9 heteroatoms. The van der Waals surface area contributed by atoms with Gasteiger partial charge in [-0.1, -0.05) is 0 Å². The topological polar surface area (TPSA) is 75.6 Å². The van der Waals surface area contributed by atoms with E-state index in [1.165, 1.54) is 7.11 Å². The predicted octanol–water partition coefficient (Wildman–Crippen LogP) is 0.780. The molecule has 0 amide bonds. The van der Waals surface area contributed by atoms with Crippen molar-refractivity contribution in [3.63, 3.8) is 0 Å². The van der Waals surface area contributed by atoms with Crippen LogP contribution < -0.4 is 4.72 Å². The number of benzene rings is 1. The van der Waals surface area contributed by atoms with Crippen molar-refractivity contribution in [2.75, 3.05) is 20.3 Å². The molecule has 2 N–H and O–H groups in total. The Morgan fingerprint density at radius 2 is 1.95 bits per heavy atom. The van der Waals surface area contributed by atoms with E-state index in [1.54, 1.807) is 0 Å². The lowest BCUT2D eigenvalue weighted by atomic mass is 10.3. The molecule has 20 heavy (non-hydrogen) atoms. The second-order valence-corrected chi connectivity index (χ2v) is 5.70. The maximum atomic E-state index is 13.4. The summed E-state index contributed by atoms with van der Waals surface area (Å²) in [6.07, 6.45) is -0.865. The molecule has 1 unspecified atom stereocenters. The van der Waals surface area contributed by atoms with Gasteiger partial charge in [0.25, 0.3) is 0 Å². The fraction of sp³-hybridized carbons (Fsp3) is 0.455. The van der Waals surface area contributed by atoms with Crippen LogP contribution in [-0.4, -0.2) is 39.9 Å². The lowest BCUT2D eigenvalue weighted by Crippen LogP contribution is -2.29. The van der Waals surface area contributed by atoms with E-state index in [2.05, 4.69) is 4.74 Å². The van der Waals surface area contributed by atoms with E-state index in [0.717, 1.165) is 0 Å². The van der Waals surface area contributed by atoms with Gasteiger partial charge >= 0.3 is 0 Å². The van der Waals surface area contributed by atoms with Crippen molar-refractivity contribution < 1.29 is 31.4 Å². The molecule has 0 bridgehead atoms. The van der Waals surface area contributed by atoms with Gasteiger partial charge in [0.15, 0.2) is 17.5 Å². The van der Waals surface area contributed by atoms with Crippen molar-refractivity contribution in [1.82, 2.24) is 4.72 Å². The number of halogens is 3. The predicted molar refractivity (Wildman–Crippen MR) is 64.0 cm³/mol. The van der Waals surface area contributed by atoms with Gasteiger partial charge in [0.1, 0.15) is 4.90 Å². The third-order valence-electron chi connectivity index (χ3n) is 2.42. The Hall–Kier alpha value is -1.16. The minimum Gasteiger partial charge on any atom is -0.391 e. The average molecular weight is 313 g/mol. The van der Waals surface area contributed by atoms with Gasteiger partial charge in [0.2, 0.25) is 10.0 Å². The van der Waals surface area contributed by atoms with Crippen LogP contribution in [0.4, 0.5) is 13.2 Å². The number of rotatable bonds is 7. The zero-order valence-electron chi connectivity index (χ0n) is 10.6. The number of hydrogen-bond donors (Lipinski definition) is 2. The van der Waals surface area contributed by atoms with Crippen molar-refractivity contribution in [2.45, 2.75) is 17.4 Å². The Balaban J connectivity index is 2.77. The van der Waals surface area contributed by atoms with Gasteiger partial charge in [0, 0.05) is 13.7 Å². The van der Waals surface area contributed by atoms with E-state index < -0.39 is 38.5 Å². The summed E-state index contributed by atoms with van der Waals surface area (Å²) in [5.41, 5.74) is 0. The number of hydrogen-bond acceptors (Lipinski definition) is 4. The van der Waals surface area contributed by atoms with Crippen molar-refractivity contribution >= 4 is 10.0 Å². The molecule has 0 radical (unpaired) electrons. The molecule has 0 heterocycles. The molecular formula is C11H14F3NO4S. The van der Waals surface area contributed by atoms with E-state index in [4.69, 9.17) is 0 Å². The molecule has 1 atom stereocenters. The highest BCUT2D eigenvalue weighted by molar-refractivity contribution is 7.89. The fourth-order valence-electron chi connectivity index (χ4n) is 1.43. The van der Waals surface area contributed by atoms with Gasteiger partial charge in [-0.15, -0.1) is 0 Å². The third kappa shape index (κ3) is 4.17. The van der Waals surface area contributed by atoms with E-state index in [9.17, 15) is 26.7 Å². The molecule has 0 saturated carbocycles. The first-order chi connectivity index (χ1) is 9.29. The molecule has 1 aromatic rings. The normalized spacial score (nSPS) is 13.4. The van der Waals surface area contributed by atoms with Crippen LogP contribution in [0.1, 0.15) is 6.42 Å². The Morgan fingerprint density at radius 3 is 2.55 bits per heavy atom. The minimum absolute atomic E-state index is 0.0151. The highest BCUT2D eigenvalue weighted by Crippen LogP contribution is 2.19. The molecule has 0 aliphatic rings. The molecule has 0 aliphatic carbocycles. The second-order valence-electron chi connectivity index (χ2n) is 3.97. The van der Waals surface area contributed by atoms with Crippen LogP contribution in [0.3, 0.4) is 0 Å². The van der Waals surface area contributed by atoms with Crippen molar-refractivity contribution in [1.29, 1.82) is 0 Å². The first-order valence-electron chi connectivity index (χ1n) is 5.59.